The number of aromatic nitrogens is 4. The molecule has 0 fully saturated rings. The lowest BCUT2D eigenvalue weighted by Crippen LogP contribution is -2.66. The molecule has 10 heteroatoms. The van der Waals surface area contributed by atoms with Crippen LogP contribution in [0.15, 0.2) is 297 Å². The number of rotatable bonds is 7. The first-order chi connectivity index (χ1) is 44.2. The minimum absolute atomic E-state index is 0.342. The molecule has 0 saturated heterocycles. The van der Waals surface area contributed by atoms with Gasteiger partial charge in [-0.25, -0.2) is 4.98 Å². The first kappa shape index (κ1) is 49.8. The van der Waals surface area contributed by atoms with Gasteiger partial charge in [-0.15, -0.1) is 0 Å². The molecule has 7 nitrogen and oxygen atoms in total. The highest BCUT2D eigenvalue weighted by molar-refractivity contribution is 7.04. The van der Waals surface area contributed by atoms with Crippen molar-refractivity contribution < 1.29 is 14.2 Å². The fourth-order valence-electron chi connectivity index (χ4n) is 15.2. The Bertz CT molecular complexity index is 5460. The summed E-state index contributed by atoms with van der Waals surface area (Å²) >= 11 is 0. The molecule has 0 N–H and O–H groups in total. The second-order valence-corrected chi connectivity index (χ2v) is 23.5. The summed E-state index contributed by atoms with van der Waals surface area (Å²) in [4.78, 5) is 5.71. The van der Waals surface area contributed by atoms with Crippen molar-refractivity contribution in [3.8, 4) is 68.1 Å². The summed E-state index contributed by atoms with van der Waals surface area (Å²) in [6.45, 7) is -1.08. The van der Waals surface area contributed by atoms with Crippen LogP contribution in [0.5, 0.6) is 34.5 Å². The molecule has 3 aromatic heterocycles. The molecule has 0 atom stereocenters. The maximum atomic E-state index is 7.71. The molecular formula is C79H49B3N4O3. The summed E-state index contributed by atoms with van der Waals surface area (Å²) in [5.74, 6) is 5.44. The smallest absolute Gasteiger partial charge is 0.256 e. The van der Waals surface area contributed by atoms with E-state index < -0.39 is 6.71 Å². The average Bonchev–Trinajstić information content (AvgIpc) is 1.54. The molecule has 0 saturated carbocycles. The molecule has 19 rings (SSSR count). The second kappa shape index (κ2) is 19.5. The van der Waals surface area contributed by atoms with E-state index in [0.717, 1.165) is 167 Å². The van der Waals surface area contributed by atoms with E-state index in [1.54, 1.807) is 0 Å². The van der Waals surface area contributed by atoms with Gasteiger partial charge < -0.3 is 18.8 Å². The minimum atomic E-state index is -0.396. The van der Waals surface area contributed by atoms with Crippen molar-refractivity contribution in [2.24, 2.45) is 0 Å². The molecule has 412 valence electrons. The van der Waals surface area contributed by atoms with Crippen LogP contribution in [0.25, 0.3) is 83.3 Å². The number of fused-ring (bicyclic) bond motifs is 18. The van der Waals surface area contributed by atoms with Gasteiger partial charge in [-0.1, -0.05) is 241 Å². The van der Waals surface area contributed by atoms with Crippen molar-refractivity contribution in [2.75, 3.05) is 0 Å². The maximum Gasteiger partial charge on any atom is 0.256 e. The SMILES string of the molecule is c1ccc(-c2ccccc2B2c3ccccc3Oc3c2c2c(c4c3B(c3ccccc3-c3ccccc3)c3ccccc3O4)B(c3cccc(-n4c5ccccc5c5ccc6c(nc7n(-c8ccccc8)c8ccccc8n67)c54)c3)c3ccccc3O2)cc1. The Kier molecular flexibility index (Phi) is 10.9. The van der Waals surface area contributed by atoms with Crippen molar-refractivity contribution in [3.05, 3.63) is 297 Å². The molecule has 3 aliphatic heterocycles. The van der Waals surface area contributed by atoms with E-state index >= 15 is 0 Å². The molecular weight excluding hydrogens is 1090 g/mol. The molecule has 0 unspecified atom stereocenters. The van der Waals surface area contributed by atoms with Crippen molar-refractivity contribution in [1.29, 1.82) is 0 Å². The molecule has 3 aliphatic rings. The summed E-state index contributed by atoms with van der Waals surface area (Å²) in [5, 5.41) is 2.29. The second-order valence-electron chi connectivity index (χ2n) is 23.5. The number of hydrogen-bond acceptors (Lipinski definition) is 4. The first-order valence-corrected chi connectivity index (χ1v) is 30.5. The molecule has 89 heavy (non-hydrogen) atoms. The van der Waals surface area contributed by atoms with Crippen LogP contribution >= 0.6 is 0 Å². The molecule has 16 aromatic rings. The lowest BCUT2D eigenvalue weighted by atomic mass is 9.28. The van der Waals surface area contributed by atoms with Crippen LogP contribution in [0.3, 0.4) is 0 Å². The highest BCUT2D eigenvalue weighted by Crippen LogP contribution is 2.42. The van der Waals surface area contributed by atoms with Crippen LogP contribution in [0.1, 0.15) is 0 Å². The predicted molar refractivity (Wildman–Crippen MR) is 368 cm³/mol. The third-order valence-corrected chi connectivity index (χ3v) is 18.9. The van der Waals surface area contributed by atoms with E-state index in [1.165, 1.54) is 0 Å². The monoisotopic (exact) mass is 1130 g/mol. The molecule has 0 bridgehead atoms. The number of nitrogens with zero attached hydrogens (tertiary/aromatic N) is 4. The summed E-state index contributed by atoms with van der Waals surface area (Å²) in [6.07, 6.45) is 0. The zero-order valence-electron chi connectivity index (χ0n) is 48.0. The summed E-state index contributed by atoms with van der Waals surface area (Å²) in [6, 6.07) is 107. The minimum Gasteiger partial charge on any atom is -0.459 e. The highest BCUT2D eigenvalue weighted by Gasteiger charge is 2.50. The summed E-state index contributed by atoms with van der Waals surface area (Å²) < 4.78 is 30.1. The largest absolute Gasteiger partial charge is 0.459 e. The van der Waals surface area contributed by atoms with Gasteiger partial charge >= 0.3 is 0 Å². The summed E-state index contributed by atoms with van der Waals surface area (Å²) in [5.41, 5.74) is 22.3. The number of imidazole rings is 2. The van der Waals surface area contributed by atoms with Crippen LogP contribution in [0.2, 0.25) is 0 Å². The standard InChI is InChI=1S/C79H49B3N4O3/c1-4-25-50(26-5-1)55-33-10-13-36-59(55)81-62-39-16-22-45-69(62)88-77-71-76(72-78(73(77)81)89-70-46-23-17-40-63(70)82(72)60-37-14-11-34-56(60)51-27-6-2-7-28-51)87-68-44-21-15-38-61(68)80(71)52-29-24-32-54(49-52)84-64-41-18-12-35-57(64)58-47-48-67-74(75(58)84)83-79-85(53-30-8-3-9-31-53)65-42-19-20-43-66(65)86(67)79/h1-49H. The van der Waals surface area contributed by atoms with Gasteiger partial charge in [0.05, 0.1) is 27.6 Å². The van der Waals surface area contributed by atoms with Crippen LogP contribution in [-0.2, 0) is 0 Å². The van der Waals surface area contributed by atoms with Gasteiger partial charge in [0, 0.05) is 38.5 Å². The Hall–Kier alpha value is -11.5. The first-order valence-electron chi connectivity index (χ1n) is 30.5. The molecule has 0 spiro atoms. The zero-order chi connectivity index (χ0) is 58.3. The highest BCUT2D eigenvalue weighted by atomic mass is 16.5. The van der Waals surface area contributed by atoms with Gasteiger partial charge in [-0.3, -0.25) is 8.97 Å². The molecule has 0 aliphatic carbocycles. The Labute approximate surface area is 514 Å². The molecule has 0 radical (unpaired) electrons. The Balaban J connectivity index is 0.915. The average molecular weight is 1130 g/mol. The Morgan fingerprint density at radius 1 is 0.303 bits per heavy atom. The maximum absolute atomic E-state index is 7.71. The van der Waals surface area contributed by atoms with E-state index in [9.17, 15) is 0 Å². The van der Waals surface area contributed by atoms with Gasteiger partial charge in [0.1, 0.15) is 40.0 Å². The van der Waals surface area contributed by atoms with Crippen molar-refractivity contribution >= 4 is 119 Å². The van der Waals surface area contributed by atoms with E-state index in [2.05, 4.69) is 311 Å². The quantitative estimate of drug-likeness (QED) is 0.149. The summed E-state index contributed by atoms with van der Waals surface area (Å²) in [7, 11) is 0. The normalized spacial score (nSPS) is 12.9. The van der Waals surface area contributed by atoms with Gasteiger partial charge in [0.15, 0.2) is 0 Å². The topological polar surface area (TPSA) is 54.9 Å². The van der Waals surface area contributed by atoms with E-state index in [1.807, 2.05) is 0 Å². The van der Waals surface area contributed by atoms with E-state index in [0.29, 0.717) is 0 Å². The Morgan fingerprint density at radius 3 is 1.34 bits per heavy atom. The fourth-order valence-corrected chi connectivity index (χ4v) is 15.2. The zero-order valence-corrected chi connectivity index (χ0v) is 48.0. The lowest BCUT2D eigenvalue weighted by Gasteiger charge is -2.40. The van der Waals surface area contributed by atoms with Gasteiger partial charge in [-0.2, -0.15) is 0 Å². The predicted octanol–water partition coefficient (Wildman–Crippen LogP) is 12.7. The lowest BCUT2D eigenvalue weighted by molar-refractivity contribution is 0.453. The van der Waals surface area contributed by atoms with Crippen LogP contribution < -0.4 is 63.4 Å². The molecule has 13 aromatic carbocycles. The van der Waals surface area contributed by atoms with Gasteiger partial charge in [0.25, 0.3) is 20.1 Å². The van der Waals surface area contributed by atoms with Crippen LogP contribution in [-0.4, -0.2) is 38.7 Å². The van der Waals surface area contributed by atoms with Crippen LogP contribution in [0, 0.1) is 0 Å². The Morgan fingerprint density at radius 2 is 0.753 bits per heavy atom. The third kappa shape index (κ3) is 7.35. The van der Waals surface area contributed by atoms with Gasteiger partial charge in [-0.05, 0) is 111 Å². The van der Waals surface area contributed by atoms with Gasteiger partial charge in [0.2, 0.25) is 5.78 Å². The number of benzene rings is 13. The fraction of sp³-hybridized carbons (Fsp3) is 0. The van der Waals surface area contributed by atoms with Crippen molar-refractivity contribution in [2.45, 2.75) is 0 Å². The molecule has 0 amide bonds. The number of para-hydroxylation sites is 7. The van der Waals surface area contributed by atoms with E-state index in [-0.39, 0.29) is 13.4 Å². The molecule has 6 heterocycles. The third-order valence-electron chi connectivity index (χ3n) is 18.9. The number of hydrogen-bond donors (Lipinski definition) is 0. The number of ether oxygens (including phenoxy) is 3. The van der Waals surface area contributed by atoms with Crippen LogP contribution in [0.4, 0.5) is 0 Å². The van der Waals surface area contributed by atoms with E-state index in [4.69, 9.17) is 19.2 Å². The van der Waals surface area contributed by atoms with Crippen molar-refractivity contribution in [1.82, 2.24) is 18.5 Å². The van der Waals surface area contributed by atoms with Crippen molar-refractivity contribution in [3.63, 3.8) is 0 Å².